The van der Waals surface area contributed by atoms with Crippen molar-refractivity contribution in [2.45, 2.75) is 6.92 Å². The van der Waals surface area contributed by atoms with E-state index in [9.17, 15) is 4.79 Å². The van der Waals surface area contributed by atoms with Crippen LogP contribution in [0.3, 0.4) is 0 Å². The zero-order valence-electron chi connectivity index (χ0n) is 7.82. The average Bonchev–Trinajstić information content (AvgIpc) is 2.39. The normalized spacial score (nSPS) is 13.6. The van der Waals surface area contributed by atoms with Crippen molar-refractivity contribution in [2.75, 3.05) is 5.43 Å². The van der Waals surface area contributed by atoms with Gasteiger partial charge >= 0.3 is 0 Å². The van der Waals surface area contributed by atoms with Crippen LogP contribution in [0.4, 0.5) is 5.69 Å². The Morgan fingerprint density at radius 3 is 2.86 bits per heavy atom. The molecule has 0 atom stereocenters. The number of hydrazone groups is 1. The highest BCUT2D eigenvalue weighted by atomic mass is 16.1. The van der Waals surface area contributed by atoms with Gasteiger partial charge in [-0.3, -0.25) is 10.2 Å². The van der Waals surface area contributed by atoms with E-state index >= 15 is 0 Å². The molecule has 0 saturated heterocycles. The summed E-state index contributed by atoms with van der Waals surface area (Å²) < 4.78 is 0. The lowest BCUT2D eigenvalue weighted by molar-refractivity contribution is -0.111. The van der Waals surface area contributed by atoms with Crippen molar-refractivity contribution >= 4 is 23.3 Å². The number of carbonyl (C=O) groups excluding carboxylic acids is 1. The van der Waals surface area contributed by atoms with E-state index in [4.69, 9.17) is 0 Å². The Balaban J connectivity index is 2.41. The second kappa shape index (κ2) is 3.46. The molecule has 0 bridgehead atoms. The molecule has 1 N–H and O–H groups in total. The molecule has 1 aliphatic rings. The molecule has 1 heterocycles. The van der Waals surface area contributed by atoms with Gasteiger partial charge in [-0.05, 0) is 17.7 Å². The molecule has 0 aliphatic carbocycles. The number of nitrogens with zero attached hydrogens (tertiary/aromatic N) is 1. The Labute approximate surface area is 82.1 Å². The minimum Gasteiger partial charge on any atom is -0.293 e. The molecule has 70 valence electrons. The topological polar surface area (TPSA) is 41.5 Å². The molecule has 1 aromatic carbocycles. The highest BCUT2D eigenvalue weighted by Crippen LogP contribution is 2.18. The summed E-state index contributed by atoms with van der Waals surface area (Å²) in [4.78, 5) is 11.1. The van der Waals surface area contributed by atoms with Gasteiger partial charge in [0.2, 0.25) is 0 Å². The molecule has 1 aromatic rings. The molecule has 3 nitrogen and oxygen atoms in total. The minimum atomic E-state index is -0.0402. The molecular weight excluding hydrogens is 176 g/mol. The van der Waals surface area contributed by atoms with E-state index in [0.29, 0.717) is 5.71 Å². The number of para-hydroxylation sites is 1. The quantitative estimate of drug-likeness (QED) is 0.729. The molecule has 0 saturated carbocycles. The highest BCUT2D eigenvalue weighted by Gasteiger charge is 2.06. The molecule has 3 heteroatoms. The predicted molar refractivity (Wildman–Crippen MR) is 57.2 cm³/mol. The zero-order valence-corrected chi connectivity index (χ0v) is 7.82. The maximum absolute atomic E-state index is 11.1. The van der Waals surface area contributed by atoms with Crippen LogP contribution in [-0.4, -0.2) is 11.5 Å². The number of benzene rings is 1. The number of carbonyl (C=O) groups is 1. The van der Waals surface area contributed by atoms with E-state index in [1.165, 1.54) is 6.92 Å². The number of Topliss-reactive ketones (excluding diaryl/α,β-unsaturated/α-hetero) is 1. The first-order chi connectivity index (χ1) is 6.77. The first kappa shape index (κ1) is 8.69. The van der Waals surface area contributed by atoms with Crippen LogP contribution in [-0.2, 0) is 4.79 Å². The fraction of sp³-hybridized carbons (Fsp3) is 0.0909. The molecule has 14 heavy (non-hydrogen) atoms. The van der Waals surface area contributed by atoms with Crippen LogP contribution in [0.5, 0.6) is 0 Å². The minimum absolute atomic E-state index is 0.0402. The van der Waals surface area contributed by atoms with Crippen LogP contribution in [0.1, 0.15) is 12.5 Å². The second-order valence-corrected chi connectivity index (χ2v) is 3.09. The molecule has 0 aromatic heterocycles. The average molecular weight is 186 g/mol. The number of ketones is 1. The standard InChI is InChI=1S/C11H10N2O/c1-8(14)10-7-6-9-4-2-3-5-11(9)13-12-10/h2-7,13H,1H3. The number of allylic oxidation sites excluding steroid dienone is 1. The summed E-state index contributed by atoms with van der Waals surface area (Å²) in [7, 11) is 0. The Bertz CT molecular complexity index is 433. The van der Waals surface area contributed by atoms with Gasteiger partial charge in [0.1, 0.15) is 5.71 Å². The molecular formula is C11H10N2O. The first-order valence-corrected chi connectivity index (χ1v) is 4.39. The van der Waals surface area contributed by atoms with E-state index < -0.39 is 0 Å². The van der Waals surface area contributed by atoms with E-state index in [0.717, 1.165) is 11.3 Å². The van der Waals surface area contributed by atoms with Crippen molar-refractivity contribution in [1.29, 1.82) is 0 Å². The van der Waals surface area contributed by atoms with Crippen LogP contribution >= 0.6 is 0 Å². The largest absolute Gasteiger partial charge is 0.293 e. The van der Waals surface area contributed by atoms with E-state index in [1.54, 1.807) is 6.08 Å². The number of anilines is 1. The van der Waals surface area contributed by atoms with E-state index in [-0.39, 0.29) is 5.78 Å². The summed E-state index contributed by atoms with van der Waals surface area (Å²) in [5.74, 6) is -0.0402. The van der Waals surface area contributed by atoms with Gasteiger partial charge < -0.3 is 0 Å². The van der Waals surface area contributed by atoms with Gasteiger partial charge in [-0.25, -0.2) is 0 Å². The lowest BCUT2D eigenvalue weighted by Crippen LogP contribution is -2.07. The number of rotatable bonds is 1. The zero-order chi connectivity index (χ0) is 9.97. The third-order valence-corrected chi connectivity index (χ3v) is 2.04. The van der Waals surface area contributed by atoms with Crippen molar-refractivity contribution in [3.63, 3.8) is 0 Å². The lowest BCUT2D eigenvalue weighted by atomic mass is 10.1. The van der Waals surface area contributed by atoms with Crippen molar-refractivity contribution < 1.29 is 4.79 Å². The van der Waals surface area contributed by atoms with Gasteiger partial charge in [0.05, 0.1) is 5.69 Å². The lowest BCUT2D eigenvalue weighted by Gasteiger charge is -2.01. The van der Waals surface area contributed by atoms with Crippen LogP contribution in [0.25, 0.3) is 6.08 Å². The van der Waals surface area contributed by atoms with Gasteiger partial charge in [-0.1, -0.05) is 24.3 Å². The maximum atomic E-state index is 11.1. The number of fused-ring (bicyclic) bond motifs is 1. The third-order valence-electron chi connectivity index (χ3n) is 2.04. The van der Waals surface area contributed by atoms with Gasteiger partial charge in [0, 0.05) is 6.92 Å². The van der Waals surface area contributed by atoms with Crippen molar-refractivity contribution in [2.24, 2.45) is 5.10 Å². The fourth-order valence-corrected chi connectivity index (χ4v) is 1.27. The summed E-state index contributed by atoms with van der Waals surface area (Å²) in [5.41, 5.74) is 5.26. The van der Waals surface area contributed by atoms with Gasteiger partial charge in [0.15, 0.2) is 5.78 Å². The maximum Gasteiger partial charge on any atom is 0.179 e. The number of hydrogen-bond acceptors (Lipinski definition) is 3. The molecule has 0 unspecified atom stereocenters. The van der Waals surface area contributed by atoms with Crippen molar-refractivity contribution in [3.05, 3.63) is 35.9 Å². The third kappa shape index (κ3) is 1.57. The summed E-state index contributed by atoms with van der Waals surface area (Å²) in [6.45, 7) is 1.50. The number of nitrogens with one attached hydrogen (secondary N) is 1. The smallest absolute Gasteiger partial charge is 0.179 e. The monoisotopic (exact) mass is 186 g/mol. The van der Waals surface area contributed by atoms with Crippen molar-refractivity contribution in [1.82, 2.24) is 0 Å². The molecule has 0 spiro atoms. The fourth-order valence-electron chi connectivity index (χ4n) is 1.27. The Hall–Kier alpha value is -1.90. The molecule has 0 fully saturated rings. The number of hydrogen-bond donors (Lipinski definition) is 1. The van der Waals surface area contributed by atoms with Gasteiger partial charge in [-0.2, -0.15) is 5.10 Å². The van der Waals surface area contributed by atoms with Crippen LogP contribution in [0, 0.1) is 0 Å². The predicted octanol–water partition coefficient (Wildman–Crippen LogP) is 2.07. The van der Waals surface area contributed by atoms with Crippen molar-refractivity contribution in [3.8, 4) is 0 Å². The van der Waals surface area contributed by atoms with Crippen LogP contribution < -0.4 is 5.43 Å². The summed E-state index contributed by atoms with van der Waals surface area (Å²) in [5, 5.41) is 3.99. The second-order valence-electron chi connectivity index (χ2n) is 3.09. The SMILES string of the molecule is CC(=O)C1=NNc2ccccc2C=C1. The first-order valence-electron chi connectivity index (χ1n) is 4.39. The summed E-state index contributed by atoms with van der Waals surface area (Å²) in [6.07, 6.45) is 3.61. The Kier molecular flexibility index (Phi) is 2.14. The summed E-state index contributed by atoms with van der Waals surface area (Å²) >= 11 is 0. The van der Waals surface area contributed by atoms with Crippen LogP contribution in [0.2, 0.25) is 0 Å². The Morgan fingerprint density at radius 1 is 1.29 bits per heavy atom. The molecule has 2 rings (SSSR count). The van der Waals surface area contributed by atoms with E-state index in [1.807, 2.05) is 30.3 Å². The van der Waals surface area contributed by atoms with Crippen LogP contribution in [0.15, 0.2) is 35.4 Å². The molecule has 0 amide bonds. The molecule has 0 radical (unpaired) electrons. The van der Waals surface area contributed by atoms with Gasteiger partial charge in [-0.15, -0.1) is 0 Å². The van der Waals surface area contributed by atoms with Gasteiger partial charge in [0.25, 0.3) is 0 Å². The Morgan fingerprint density at radius 2 is 2.07 bits per heavy atom. The summed E-state index contributed by atoms with van der Waals surface area (Å²) in [6, 6.07) is 7.77. The molecule has 1 aliphatic heterocycles. The highest BCUT2D eigenvalue weighted by molar-refractivity contribution is 6.44. The van der Waals surface area contributed by atoms with E-state index in [2.05, 4.69) is 10.5 Å².